The fourth-order valence-corrected chi connectivity index (χ4v) is 3.34. The van der Waals surface area contributed by atoms with Gasteiger partial charge in [-0.1, -0.05) is 17.7 Å². The zero-order chi connectivity index (χ0) is 17.2. The number of hydrogen-bond acceptors (Lipinski definition) is 6. The van der Waals surface area contributed by atoms with Crippen molar-refractivity contribution in [3.05, 3.63) is 52.5 Å². The molecule has 0 unspecified atom stereocenters. The molecule has 3 heterocycles. The molecule has 126 valence electrons. The molecule has 0 bridgehead atoms. The third-order valence-electron chi connectivity index (χ3n) is 3.51. The lowest BCUT2D eigenvalue weighted by molar-refractivity contribution is 0.102. The van der Waals surface area contributed by atoms with Crippen molar-refractivity contribution in [3.63, 3.8) is 0 Å². The minimum absolute atomic E-state index is 0.319. The lowest BCUT2D eigenvalue weighted by Gasteiger charge is -2.20. The van der Waals surface area contributed by atoms with Gasteiger partial charge in [-0.25, -0.2) is 4.98 Å². The zero-order valence-corrected chi connectivity index (χ0v) is 14.4. The summed E-state index contributed by atoms with van der Waals surface area (Å²) in [5.41, 5.74) is 1.84. The first-order valence-corrected chi connectivity index (χ1v) is 8.74. The highest BCUT2D eigenvalue weighted by Crippen LogP contribution is 2.38. The number of benzene rings is 1. The van der Waals surface area contributed by atoms with Gasteiger partial charge in [-0.2, -0.15) is 0 Å². The molecule has 25 heavy (non-hydrogen) atoms. The number of halogens is 1. The Bertz CT molecular complexity index is 930. The maximum Gasteiger partial charge on any atom is 0.257 e. The summed E-state index contributed by atoms with van der Waals surface area (Å²) < 4.78 is 11.0. The fourth-order valence-electron chi connectivity index (χ4n) is 2.37. The molecule has 8 heteroatoms. The highest BCUT2D eigenvalue weighted by Gasteiger charge is 2.20. The minimum Gasteiger partial charge on any atom is -0.486 e. The van der Waals surface area contributed by atoms with Crippen LogP contribution in [0.2, 0.25) is 5.02 Å². The Hall–Kier alpha value is -2.64. The van der Waals surface area contributed by atoms with Crippen LogP contribution in [0.15, 0.2) is 41.9 Å². The predicted molar refractivity (Wildman–Crippen MR) is 95.7 cm³/mol. The number of amides is 1. The number of pyridine rings is 1. The number of carbonyl (C=O) groups excluding carboxylic acids is 1. The number of rotatable bonds is 3. The van der Waals surface area contributed by atoms with Crippen molar-refractivity contribution in [2.75, 3.05) is 18.5 Å². The second-order valence-corrected chi connectivity index (χ2v) is 6.45. The largest absolute Gasteiger partial charge is 0.486 e. The molecule has 0 atom stereocenters. The van der Waals surface area contributed by atoms with Gasteiger partial charge in [0.05, 0.1) is 10.7 Å². The fraction of sp³-hybridized carbons (Fsp3) is 0.118. The quantitative estimate of drug-likeness (QED) is 0.754. The summed E-state index contributed by atoms with van der Waals surface area (Å²) in [6.07, 6.45) is 1.70. The van der Waals surface area contributed by atoms with Crippen LogP contribution in [0.1, 0.15) is 10.4 Å². The zero-order valence-electron chi connectivity index (χ0n) is 12.9. The summed E-state index contributed by atoms with van der Waals surface area (Å²) >= 11 is 7.50. The van der Waals surface area contributed by atoms with Gasteiger partial charge < -0.3 is 9.47 Å². The molecule has 1 amide bonds. The molecule has 1 N–H and O–H groups in total. The number of nitrogens with zero attached hydrogens (tertiary/aromatic N) is 2. The van der Waals surface area contributed by atoms with E-state index in [2.05, 4.69) is 15.3 Å². The SMILES string of the molecule is O=C(Nc1nc(-c2ccccn2)cs1)c1cc(Cl)c2c(c1)OCCO2. The molecule has 0 spiro atoms. The summed E-state index contributed by atoms with van der Waals surface area (Å²) in [6.45, 7) is 0.863. The van der Waals surface area contributed by atoms with E-state index in [1.54, 1.807) is 18.3 Å². The van der Waals surface area contributed by atoms with Crippen LogP contribution in [0.5, 0.6) is 11.5 Å². The van der Waals surface area contributed by atoms with E-state index in [4.69, 9.17) is 21.1 Å². The van der Waals surface area contributed by atoms with E-state index in [0.717, 1.165) is 5.69 Å². The number of thiazole rings is 1. The maximum atomic E-state index is 12.5. The van der Waals surface area contributed by atoms with Gasteiger partial charge in [0.1, 0.15) is 18.9 Å². The molecule has 1 aliphatic rings. The highest BCUT2D eigenvalue weighted by molar-refractivity contribution is 7.14. The summed E-state index contributed by atoms with van der Waals surface area (Å²) in [4.78, 5) is 21.1. The highest BCUT2D eigenvalue weighted by atomic mass is 35.5. The van der Waals surface area contributed by atoms with Gasteiger partial charge in [-0.3, -0.25) is 15.1 Å². The minimum atomic E-state index is -0.319. The maximum absolute atomic E-state index is 12.5. The topological polar surface area (TPSA) is 73.3 Å². The number of anilines is 1. The molecule has 3 aromatic rings. The van der Waals surface area contributed by atoms with Crippen molar-refractivity contribution >= 4 is 34.0 Å². The third kappa shape index (κ3) is 3.29. The van der Waals surface area contributed by atoms with Crippen molar-refractivity contribution in [3.8, 4) is 22.9 Å². The molecule has 0 fully saturated rings. The van der Waals surface area contributed by atoms with Gasteiger partial charge in [-0.15, -0.1) is 11.3 Å². The van der Waals surface area contributed by atoms with Crippen LogP contribution in [0.3, 0.4) is 0 Å². The molecule has 0 radical (unpaired) electrons. The Morgan fingerprint density at radius 2 is 2.08 bits per heavy atom. The summed E-state index contributed by atoms with van der Waals surface area (Å²) in [5.74, 6) is 0.620. The van der Waals surface area contributed by atoms with Crippen molar-refractivity contribution < 1.29 is 14.3 Å². The first kappa shape index (κ1) is 15.9. The Kier molecular flexibility index (Phi) is 4.25. The van der Waals surface area contributed by atoms with Crippen molar-refractivity contribution in [2.45, 2.75) is 0 Å². The molecule has 6 nitrogen and oxygen atoms in total. The van der Waals surface area contributed by atoms with Crippen LogP contribution < -0.4 is 14.8 Å². The van der Waals surface area contributed by atoms with E-state index < -0.39 is 0 Å². The molecule has 0 aliphatic carbocycles. The number of aromatic nitrogens is 2. The van der Waals surface area contributed by atoms with Gasteiger partial charge in [0.25, 0.3) is 5.91 Å². The first-order valence-electron chi connectivity index (χ1n) is 7.48. The Morgan fingerprint density at radius 1 is 1.20 bits per heavy atom. The summed E-state index contributed by atoms with van der Waals surface area (Å²) in [7, 11) is 0. The molecule has 2 aromatic heterocycles. The molecule has 0 saturated carbocycles. The van der Waals surface area contributed by atoms with Gasteiger partial charge in [0.2, 0.25) is 0 Å². The first-order chi connectivity index (χ1) is 12.2. The number of nitrogens with one attached hydrogen (secondary N) is 1. The Balaban J connectivity index is 1.55. The normalized spacial score (nSPS) is 12.7. The van der Waals surface area contributed by atoms with Gasteiger partial charge in [0, 0.05) is 17.1 Å². The standard InChI is InChI=1S/C17H12ClN3O3S/c18-11-7-10(8-14-15(11)24-6-5-23-14)16(22)21-17-20-13(9-25-17)12-3-1-2-4-19-12/h1-4,7-9H,5-6H2,(H,20,21,22). The van der Waals surface area contributed by atoms with Gasteiger partial charge in [0.15, 0.2) is 16.6 Å². The van der Waals surface area contributed by atoms with Crippen LogP contribution in [0.25, 0.3) is 11.4 Å². The number of carbonyl (C=O) groups is 1. The lowest BCUT2D eigenvalue weighted by Crippen LogP contribution is -2.17. The smallest absolute Gasteiger partial charge is 0.257 e. The van der Waals surface area contributed by atoms with Gasteiger partial charge in [-0.05, 0) is 24.3 Å². The number of hydrogen-bond donors (Lipinski definition) is 1. The van der Waals surface area contributed by atoms with E-state index in [1.165, 1.54) is 11.3 Å². The molecular formula is C17H12ClN3O3S. The Morgan fingerprint density at radius 3 is 2.92 bits per heavy atom. The number of fused-ring (bicyclic) bond motifs is 1. The van der Waals surface area contributed by atoms with E-state index in [-0.39, 0.29) is 5.91 Å². The average Bonchev–Trinajstić information content (AvgIpc) is 3.11. The second-order valence-electron chi connectivity index (χ2n) is 5.19. The van der Waals surface area contributed by atoms with Crippen LogP contribution in [-0.4, -0.2) is 29.1 Å². The second kappa shape index (κ2) is 6.70. The van der Waals surface area contributed by atoms with Gasteiger partial charge >= 0.3 is 0 Å². The summed E-state index contributed by atoms with van der Waals surface area (Å²) in [6, 6.07) is 8.75. The van der Waals surface area contributed by atoms with E-state index >= 15 is 0 Å². The van der Waals surface area contributed by atoms with Crippen molar-refractivity contribution in [1.29, 1.82) is 0 Å². The Labute approximate surface area is 152 Å². The van der Waals surface area contributed by atoms with Crippen LogP contribution >= 0.6 is 22.9 Å². The number of ether oxygens (including phenoxy) is 2. The molecule has 1 aliphatic heterocycles. The third-order valence-corrected chi connectivity index (χ3v) is 4.55. The van der Waals surface area contributed by atoms with E-state index in [1.807, 2.05) is 23.6 Å². The van der Waals surface area contributed by atoms with Crippen molar-refractivity contribution in [2.24, 2.45) is 0 Å². The predicted octanol–water partition coefficient (Wildman–Crippen LogP) is 3.88. The van der Waals surface area contributed by atoms with Crippen molar-refractivity contribution in [1.82, 2.24) is 9.97 Å². The van der Waals surface area contributed by atoms with Crippen LogP contribution in [-0.2, 0) is 0 Å². The molecule has 0 saturated heterocycles. The monoisotopic (exact) mass is 373 g/mol. The molecular weight excluding hydrogens is 362 g/mol. The summed E-state index contributed by atoms with van der Waals surface area (Å²) in [5, 5.41) is 5.44. The van der Waals surface area contributed by atoms with Crippen LogP contribution in [0.4, 0.5) is 5.13 Å². The average molecular weight is 374 g/mol. The molecule has 4 rings (SSSR count). The molecule has 1 aromatic carbocycles. The van der Waals surface area contributed by atoms with E-state index in [0.29, 0.717) is 46.1 Å². The van der Waals surface area contributed by atoms with Crippen LogP contribution in [0, 0.1) is 0 Å². The van der Waals surface area contributed by atoms with E-state index in [9.17, 15) is 4.79 Å². The lowest BCUT2D eigenvalue weighted by atomic mass is 10.2.